The molecule has 0 aliphatic heterocycles. The van der Waals surface area contributed by atoms with E-state index in [9.17, 15) is 4.79 Å². The van der Waals surface area contributed by atoms with Gasteiger partial charge in [0.15, 0.2) is 6.29 Å². The summed E-state index contributed by atoms with van der Waals surface area (Å²) in [5, 5.41) is 0.695. The zero-order valence-corrected chi connectivity index (χ0v) is 11.0. The van der Waals surface area contributed by atoms with Crippen molar-refractivity contribution in [3.8, 4) is 16.9 Å². The van der Waals surface area contributed by atoms with Crippen molar-refractivity contribution in [1.29, 1.82) is 0 Å². The highest BCUT2D eigenvalue weighted by Crippen LogP contribution is 2.31. The van der Waals surface area contributed by atoms with Gasteiger partial charge in [-0.25, -0.2) is 0 Å². The number of carbonyl (C=O) groups excluding carboxylic acids is 1. The van der Waals surface area contributed by atoms with Gasteiger partial charge in [-0.15, -0.1) is 0 Å². The standard InChI is InChI=1S/C15H13ClO2/c1-10-13(11-3-5-12(16)6-4-11)7-8-15(18-2)14(10)9-17/h3-9H,1-2H3. The van der Waals surface area contributed by atoms with E-state index in [1.165, 1.54) is 0 Å². The minimum Gasteiger partial charge on any atom is -0.496 e. The Hall–Kier alpha value is -1.80. The van der Waals surface area contributed by atoms with Crippen LogP contribution in [-0.4, -0.2) is 13.4 Å². The first-order chi connectivity index (χ1) is 8.67. The number of aldehydes is 1. The number of methoxy groups -OCH3 is 1. The Kier molecular flexibility index (Phi) is 3.68. The van der Waals surface area contributed by atoms with Crippen LogP contribution in [0.15, 0.2) is 36.4 Å². The number of hydrogen-bond donors (Lipinski definition) is 0. The fourth-order valence-corrected chi connectivity index (χ4v) is 2.10. The van der Waals surface area contributed by atoms with Crippen LogP contribution in [0.1, 0.15) is 15.9 Å². The number of benzene rings is 2. The largest absolute Gasteiger partial charge is 0.496 e. The van der Waals surface area contributed by atoms with Crippen molar-refractivity contribution >= 4 is 17.9 Å². The molecule has 2 rings (SSSR count). The Bertz CT molecular complexity index is 574. The maximum atomic E-state index is 11.1. The molecule has 0 heterocycles. The molecular formula is C15H13ClO2. The Labute approximate surface area is 111 Å². The molecule has 0 saturated carbocycles. The molecule has 0 fully saturated rings. The van der Waals surface area contributed by atoms with Gasteiger partial charge in [0.1, 0.15) is 5.75 Å². The minimum atomic E-state index is 0.588. The number of ether oxygens (including phenoxy) is 1. The molecular weight excluding hydrogens is 248 g/mol. The van der Waals surface area contributed by atoms with Gasteiger partial charge in [0, 0.05) is 5.02 Å². The van der Waals surface area contributed by atoms with E-state index in [1.807, 2.05) is 37.3 Å². The minimum absolute atomic E-state index is 0.588. The van der Waals surface area contributed by atoms with E-state index in [0.717, 1.165) is 23.0 Å². The van der Waals surface area contributed by atoms with Crippen LogP contribution in [0, 0.1) is 6.92 Å². The molecule has 0 amide bonds. The summed E-state index contributed by atoms with van der Waals surface area (Å²) in [5.41, 5.74) is 3.54. The van der Waals surface area contributed by atoms with Gasteiger partial charge in [-0.1, -0.05) is 29.8 Å². The van der Waals surface area contributed by atoms with Crippen LogP contribution in [0.4, 0.5) is 0 Å². The number of rotatable bonds is 3. The first-order valence-electron chi connectivity index (χ1n) is 5.56. The molecule has 0 unspecified atom stereocenters. The van der Waals surface area contributed by atoms with E-state index in [2.05, 4.69) is 0 Å². The first-order valence-corrected chi connectivity index (χ1v) is 5.94. The van der Waals surface area contributed by atoms with E-state index in [1.54, 1.807) is 13.2 Å². The van der Waals surface area contributed by atoms with E-state index in [4.69, 9.17) is 16.3 Å². The monoisotopic (exact) mass is 260 g/mol. The SMILES string of the molecule is COc1ccc(-c2ccc(Cl)cc2)c(C)c1C=O. The van der Waals surface area contributed by atoms with Gasteiger partial charge in [0.2, 0.25) is 0 Å². The highest BCUT2D eigenvalue weighted by atomic mass is 35.5. The normalized spacial score (nSPS) is 10.2. The molecule has 2 aromatic carbocycles. The van der Waals surface area contributed by atoms with Crippen molar-refractivity contribution in [3.63, 3.8) is 0 Å². The first kappa shape index (κ1) is 12.7. The Balaban J connectivity index is 2.59. The predicted molar refractivity (Wildman–Crippen MR) is 73.6 cm³/mol. The number of carbonyl (C=O) groups is 1. The van der Waals surface area contributed by atoms with Gasteiger partial charge in [0.05, 0.1) is 12.7 Å². The zero-order valence-electron chi connectivity index (χ0n) is 10.2. The summed E-state index contributed by atoms with van der Waals surface area (Å²) in [6.45, 7) is 1.91. The summed E-state index contributed by atoms with van der Waals surface area (Å²) in [6.07, 6.45) is 0.827. The second-order valence-corrected chi connectivity index (χ2v) is 4.42. The van der Waals surface area contributed by atoms with Crippen LogP contribution < -0.4 is 4.74 Å². The fraction of sp³-hybridized carbons (Fsp3) is 0.133. The molecule has 92 valence electrons. The van der Waals surface area contributed by atoms with Crippen LogP contribution in [0.25, 0.3) is 11.1 Å². The van der Waals surface area contributed by atoms with Crippen LogP contribution in [-0.2, 0) is 0 Å². The van der Waals surface area contributed by atoms with Gasteiger partial charge in [-0.2, -0.15) is 0 Å². The Morgan fingerprint density at radius 3 is 2.33 bits per heavy atom. The molecule has 0 radical (unpaired) electrons. The molecule has 0 aromatic heterocycles. The van der Waals surface area contributed by atoms with E-state index in [0.29, 0.717) is 16.3 Å². The van der Waals surface area contributed by atoms with Crippen molar-refractivity contribution in [2.75, 3.05) is 7.11 Å². The maximum Gasteiger partial charge on any atom is 0.154 e. The predicted octanol–water partition coefficient (Wildman–Crippen LogP) is 4.14. The van der Waals surface area contributed by atoms with Crippen LogP contribution >= 0.6 is 11.6 Å². The molecule has 0 atom stereocenters. The van der Waals surface area contributed by atoms with Gasteiger partial charge in [-0.3, -0.25) is 4.79 Å². The quantitative estimate of drug-likeness (QED) is 0.776. The third kappa shape index (κ3) is 2.24. The van der Waals surface area contributed by atoms with Crippen LogP contribution in [0.2, 0.25) is 5.02 Å². The van der Waals surface area contributed by atoms with Crippen molar-refractivity contribution in [3.05, 3.63) is 52.5 Å². The van der Waals surface area contributed by atoms with Crippen molar-refractivity contribution in [1.82, 2.24) is 0 Å². The van der Waals surface area contributed by atoms with Gasteiger partial charge >= 0.3 is 0 Å². The lowest BCUT2D eigenvalue weighted by Crippen LogP contribution is -1.96. The van der Waals surface area contributed by atoms with Gasteiger partial charge < -0.3 is 4.74 Å². The molecule has 3 heteroatoms. The average molecular weight is 261 g/mol. The highest BCUT2D eigenvalue weighted by molar-refractivity contribution is 6.30. The lowest BCUT2D eigenvalue weighted by molar-refractivity contribution is 0.112. The molecule has 18 heavy (non-hydrogen) atoms. The van der Waals surface area contributed by atoms with Crippen molar-refractivity contribution < 1.29 is 9.53 Å². The average Bonchev–Trinajstić information content (AvgIpc) is 2.39. The molecule has 0 aliphatic carbocycles. The highest BCUT2D eigenvalue weighted by Gasteiger charge is 2.11. The van der Waals surface area contributed by atoms with Crippen molar-refractivity contribution in [2.45, 2.75) is 6.92 Å². The van der Waals surface area contributed by atoms with Crippen LogP contribution in [0.3, 0.4) is 0 Å². The lowest BCUT2D eigenvalue weighted by atomic mass is 9.96. The molecule has 0 spiro atoms. The smallest absolute Gasteiger partial charge is 0.154 e. The van der Waals surface area contributed by atoms with Gasteiger partial charge in [0.25, 0.3) is 0 Å². The zero-order chi connectivity index (χ0) is 13.1. The Morgan fingerprint density at radius 2 is 1.78 bits per heavy atom. The summed E-state index contributed by atoms with van der Waals surface area (Å²) < 4.78 is 5.17. The summed E-state index contributed by atoms with van der Waals surface area (Å²) in [6, 6.07) is 11.3. The molecule has 0 bridgehead atoms. The van der Waals surface area contributed by atoms with E-state index < -0.39 is 0 Å². The number of hydrogen-bond acceptors (Lipinski definition) is 2. The molecule has 0 saturated heterocycles. The van der Waals surface area contributed by atoms with Crippen molar-refractivity contribution in [2.24, 2.45) is 0 Å². The van der Waals surface area contributed by atoms with E-state index in [-0.39, 0.29) is 0 Å². The third-order valence-corrected chi connectivity index (χ3v) is 3.22. The summed E-state index contributed by atoms with van der Waals surface area (Å²) in [4.78, 5) is 11.1. The summed E-state index contributed by atoms with van der Waals surface area (Å²) in [7, 11) is 1.56. The summed E-state index contributed by atoms with van der Waals surface area (Å²) >= 11 is 5.87. The fourth-order valence-electron chi connectivity index (χ4n) is 1.97. The third-order valence-electron chi connectivity index (χ3n) is 2.97. The lowest BCUT2D eigenvalue weighted by Gasteiger charge is -2.12. The second-order valence-electron chi connectivity index (χ2n) is 3.98. The molecule has 0 aliphatic rings. The van der Waals surface area contributed by atoms with E-state index >= 15 is 0 Å². The van der Waals surface area contributed by atoms with Gasteiger partial charge in [-0.05, 0) is 41.8 Å². The maximum absolute atomic E-state index is 11.1. The number of halogens is 1. The topological polar surface area (TPSA) is 26.3 Å². The molecule has 0 N–H and O–H groups in total. The Morgan fingerprint density at radius 1 is 1.11 bits per heavy atom. The molecule has 2 nitrogen and oxygen atoms in total. The second kappa shape index (κ2) is 5.23. The van der Waals surface area contributed by atoms with Crippen LogP contribution in [0.5, 0.6) is 5.75 Å². The summed E-state index contributed by atoms with van der Waals surface area (Å²) in [5.74, 6) is 0.597. The molecule has 2 aromatic rings.